The fourth-order valence-corrected chi connectivity index (χ4v) is 3.62. The van der Waals surface area contributed by atoms with Crippen molar-refractivity contribution >= 4 is 41.1 Å². The van der Waals surface area contributed by atoms with Crippen molar-refractivity contribution in [3.05, 3.63) is 101 Å². The fourth-order valence-electron chi connectivity index (χ4n) is 3.45. The van der Waals surface area contributed by atoms with Gasteiger partial charge in [0.25, 0.3) is 0 Å². The lowest BCUT2D eigenvalue weighted by Gasteiger charge is -2.18. The number of halogens is 2. The van der Waals surface area contributed by atoms with Gasteiger partial charge in [0.2, 0.25) is 11.8 Å². The molecule has 0 aliphatic heterocycles. The first-order valence-electron chi connectivity index (χ1n) is 11.0. The van der Waals surface area contributed by atoms with E-state index in [0.29, 0.717) is 11.3 Å². The molecule has 2 heterocycles. The van der Waals surface area contributed by atoms with Gasteiger partial charge in [-0.3, -0.25) is 14.6 Å². The number of nitrogens with one attached hydrogen (secondary N) is 2. The van der Waals surface area contributed by atoms with E-state index in [9.17, 15) is 18.8 Å². The van der Waals surface area contributed by atoms with E-state index < -0.39 is 29.6 Å². The molecule has 192 valence electrons. The summed E-state index contributed by atoms with van der Waals surface area (Å²) in [5.41, 5.74) is 1.29. The third-order valence-electron chi connectivity index (χ3n) is 5.30. The molecule has 0 aliphatic rings. The average Bonchev–Trinajstić information content (AvgIpc) is 3.45. The van der Waals surface area contributed by atoms with Crippen LogP contribution in [0.1, 0.15) is 21.5 Å². The highest BCUT2D eigenvalue weighted by Gasteiger charge is 2.21. The van der Waals surface area contributed by atoms with E-state index in [1.54, 1.807) is 24.5 Å². The Morgan fingerprint density at radius 3 is 2.58 bits per heavy atom. The van der Waals surface area contributed by atoms with E-state index in [1.165, 1.54) is 53.5 Å². The second-order valence-electron chi connectivity index (χ2n) is 7.88. The molecule has 0 fully saturated rings. The van der Waals surface area contributed by atoms with Crippen LogP contribution in [0.5, 0.6) is 0 Å². The molecule has 0 aliphatic carbocycles. The zero-order valence-electron chi connectivity index (χ0n) is 19.5. The number of carbonyl (C=O) groups excluding carboxylic acids is 2. The Morgan fingerprint density at radius 1 is 1.13 bits per heavy atom. The number of aromatic carboxylic acids is 1. The predicted octanol–water partition coefficient (Wildman–Crippen LogP) is 2.93. The number of rotatable bonds is 9. The Balaban J connectivity index is 1.54. The van der Waals surface area contributed by atoms with Gasteiger partial charge in [0, 0.05) is 36.1 Å². The molecule has 3 N–H and O–H groups in total. The minimum absolute atomic E-state index is 0.0354. The minimum Gasteiger partial charge on any atom is -0.478 e. The number of benzene rings is 2. The van der Waals surface area contributed by atoms with Crippen LogP contribution in [-0.4, -0.2) is 54.1 Å². The van der Waals surface area contributed by atoms with Gasteiger partial charge in [-0.25, -0.2) is 9.18 Å². The number of carboxylic acid groups (broad SMARTS) is 1. The summed E-state index contributed by atoms with van der Waals surface area (Å²) in [5.74, 6) is -3.12. The molecule has 2 aromatic carbocycles. The second-order valence-corrected chi connectivity index (χ2v) is 8.29. The van der Waals surface area contributed by atoms with Gasteiger partial charge < -0.3 is 15.7 Å². The van der Waals surface area contributed by atoms with Gasteiger partial charge in [-0.15, -0.1) is 5.10 Å². The van der Waals surface area contributed by atoms with Crippen molar-refractivity contribution < 1.29 is 23.9 Å². The van der Waals surface area contributed by atoms with Gasteiger partial charge in [-0.1, -0.05) is 17.7 Å². The highest BCUT2D eigenvalue weighted by Crippen LogP contribution is 2.25. The van der Waals surface area contributed by atoms with Crippen LogP contribution < -0.4 is 10.6 Å². The first-order valence-corrected chi connectivity index (χ1v) is 11.4. The zero-order chi connectivity index (χ0) is 27.1. The second kappa shape index (κ2) is 11.8. The van der Waals surface area contributed by atoms with Gasteiger partial charge in [-0.05, 0) is 64.5 Å². The summed E-state index contributed by atoms with van der Waals surface area (Å²) >= 11 is 5.92. The van der Waals surface area contributed by atoms with E-state index in [1.807, 2.05) is 0 Å². The monoisotopic (exact) mass is 535 g/mol. The van der Waals surface area contributed by atoms with E-state index in [0.717, 1.165) is 6.08 Å². The largest absolute Gasteiger partial charge is 0.478 e. The first kappa shape index (κ1) is 26.1. The smallest absolute Gasteiger partial charge is 0.335 e. The number of pyridine rings is 1. The van der Waals surface area contributed by atoms with Crippen LogP contribution in [0.4, 0.5) is 10.1 Å². The van der Waals surface area contributed by atoms with Crippen molar-refractivity contribution in [2.75, 3.05) is 5.32 Å². The van der Waals surface area contributed by atoms with Crippen LogP contribution >= 0.6 is 11.6 Å². The molecule has 0 bridgehead atoms. The molecule has 0 spiro atoms. The van der Waals surface area contributed by atoms with Crippen molar-refractivity contribution in [3.8, 4) is 5.69 Å². The molecule has 38 heavy (non-hydrogen) atoms. The topological polar surface area (TPSA) is 152 Å². The van der Waals surface area contributed by atoms with Crippen LogP contribution in [0.3, 0.4) is 0 Å². The predicted molar refractivity (Wildman–Crippen MR) is 135 cm³/mol. The van der Waals surface area contributed by atoms with Crippen molar-refractivity contribution in [2.45, 2.75) is 12.5 Å². The summed E-state index contributed by atoms with van der Waals surface area (Å²) in [5, 5.41) is 25.0. The van der Waals surface area contributed by atoms with Crippen molar-refractivity contribution in [1.29, 1.82) is 0 Å². The fraction of sp³-hybridized carbons (Fsp3) is 0.0800. The highest BCUT2D eigenvalue weighted by molar-refractivity contribution is 6.31. The van der Waals surface area contributed by atoms with E-state index in [2.05, 4.69) is 31.1 Å². The Kier molecular flexibility index (Phi) is 8.14. The molecule has 0 saturated heterocycles. The van der Waals surface area contributed by atoms with Gasteiger partial charge in [0.15, 0.2) is 5.82 Å². The molecule has 4 aromatic rings. The van der Waals surface area contributed by atoms with Gasteiger partial charge >= 0.3 is 5.97 Å². The van der Waals surface area contributed by atoms with Crippen LogP contribution in [0, 0.1) is 5.82 Å². The maximum absolute atomic E-state index is 14.8. The zero-order valence-corrected chi connectivity index (χ0v) is 20.2. The normalized spacial score (nSPS) is 11.7. The number of carboxylic acids is 1. The lowest BCUT2D eigenvalue weighted by molar-refractivity contribution is -0.123. The number of hydrogen-bond acceptors (Lipinski definition) is 7. The number of nitrogens with zero attached hydrogens (tertiary/aromatic N) is 5. The maximum atomic E-state index is 14.8. The molecule has 11 nitrogen and oxygen atoms in total. The minimum atomic E-state index is -1.10. The van der Waals surface area contributed by atoms with E-state index in [-0.39, 0.29) is 28.3 Å². The number of carbonyl (C=O) groups is 3. The first-order chi connectivity index (χ1) is 18.3. The quantitative estimate of drug-likeness (QED) is 0.277. The van der Waals surface area contributed by atoms with Gasteiger partial charge in [0.05, 0.1) is 16.3 Å². The van der Waals surface area contributed by atoms with Gasteiger partial charge in [0.1, 0.15) is 12.4 Å². The van der Waals surface area contributed by atoms with Gasteiger partial charge in [-0.2, -0.15) is 4.68 Å². The maximum Gasteiger partial charge on any atom is 0.335 e. The molecule has 13 heteroatoms. The number of hydrogen-bond donors (Lipinski definition) is 3. The van der Waals surface area contributed by atoms with Crippen LogP contribution in [0.15, 0.2) is 73.3 Å². The lowest BCUT2D eigenvalue weighted by atomic mass is 10.1. The molecule has 0 radical (unpaired) electrons. The lowest BCUT2D eigenvalue weighted by Crippen LogP contribution is -2.44. The molecular formula is C25H19ClFN7O4. The molecule has 4 rings (SSSR count). The van der Waals surface area contributed by atoms with Crippen LogP contribution in [0.25, 0.3) is 11.8 Å². The van der Waals surface area contributed by atoms with Crippen LogP contribution in [-0.2, 0) is 16.0 Å². The number of amides is 2. The average molecular weight is 536 g/mol. The molecule has 1 atom stereocenters. The summed E-state index contributed by atoms with van der Waals surface area (Å²) in [6, 6.07) is 10.8. The van der Waals surface area contributed by atoms with Crippen LogP contribution in [0.2, 0.25) is 5.02 Å². The summed E-state index contributed by atoms with van der Waals surface area (Å²) in [6.07, 6.45) is 6.77. The Bertz CT molecular complexity index is 1480. The third kappa shape index (κ3) is 6.42. The molecule has 2 aromatic heterocycles. The van der Waals surface area contributed by atoms with Crippen molar-refractivity contribution in [1.82, 2.24) is 30.5 Å². The number of anilines is 1. The molecular weight excluding hydrogens is 517 g/mol. The SMILES string of the molecule is O=C(C=Cc1c(-n2cnnn2)ccc(Cl)c1F)NC(Cc1cccnc1)C(=O)Nc1ccc(C(=O)O)cc1. The Morgan fingerprint density at radius 2 is 1.92 bits per heavy atom. The van der Waals surface area contributed by atoms with E-state index >= 15 is 0 Å². The summed E-state index contributed by atoms with van der Waals surface area (Å²) in [7, 11) is 0. The summed E-state index contributed by atoms with van der Waals surface area (Å²) in [4.78, 5) is 41.0. The Hall–Kier alpha value is -4.97. The van der Waals surface area contributed by atoms with Crippen molar-refractivity contribution in [2.24, 2.45) is 0 Å². The van der Waals surface area contributed by atoms with Crippen molar-refractivity contribution in [3.63, 3.8) is 0 Å². The standard InChI is InChI=1S/C25H19ClFN7O4/c26-19-8-9-21(34-14-29-32-33-34)18(23(19)27)7-10-22(35)31-20(12-15-2-1-11-28-13-15)24(36)30-17-5-3-16(4-6-17)25(37)38/h1-11,13-14,20H,12H2,(H,30,36)(H,31,35)(H,37,38). The third-order valence-corrected chi connectivity index (χ3v) is 5.59. The number of aromatic nitrogens is 5. The summed E-state index contributed by atoms with van der Waals surface area (Å²) < 4.78 is 16.0. The van der Waals surface area contributed by atoms with E-state index in [4.69, 9.17) is 16.7 Å². The number of tetrazole rings is 1. The Labute approximate surface area is 220 Å². The highest BCUT2D eigenvalue weighted by atomic mass is 35.5. The molecule has 2 amide bonds. The molecule has 0 saturated carbocycles. The molecule has 1 unspecified atom stereocenters. The summed E-state index contributed by atoms with van der Waals surface area (Å²) in [6.45, 7) is 0.